The second kappa shape index (κ2) is 9.77. The van der Waals surface area contributed by atoms with Gasteiger partial charge in [0.15, 0.2) is 0 Å². The predicted octanol–water partition coefficient (Wildman–Crippen LogP) is 4.40. The summed E-state index contributed by atoms with van der Waals surface area (Å²) >= 11 is 12.3. The summed E-state index contributed by atoms with van der Waals surface area (Å²) in [5.74, 6) is -0.313. The van der Waals surface area contributed by atoms with Crippen LogP contribution < -0.4 is 5.32 Å². The van der Waals surface area contributed by atoms with E-state index in [0.29, 0.717) is 16.5 Å². The van der Waals surface area contributed by atoms with E-state index in [1.807, 2.05) is 38.1 Å². The van der Waals surface area contributed by atoms with Crippen LogP contribution in [-0.2, 0) is 22.6 Å². The molecular weight excluding hydrogens is 383 g/mol. The molecule has 1 N–H and O–H groups in total. The Balaban J connectivity index is 2.34. The molecule has 0 saturated heterocycles. The lowest BCUT2D eigenvalue weighted by molar-refractivity contribution is -0.140. The van der Waals surface area contributed by atoms with Crippen molar-refractivity contribution < 1.29 is 9.59 Å². The highest BCUT2D eigenvalue weighted by atomic mass is 35.5. The molecule has 0 radical (unpaired) electrons. The average Bonchev–Trinajstić information content (AvgIpc) is 2.64. The molecule has 0 saturated carbocycles. The maximum atomic E-state index is 13.1. The van der Waals surface area contributed by atoms with Gasteiger partial charge >= 0.3 is 0 Å². The van der Waals surface area contributed by atoms with Crippen LogP contribution in [0.2, 0.25) is 10.0 Å². The van der Waals surface area contributed by atoms with Crippen LogP contribution in [0.15, 0.2) is 42.5 Å². The summed E-state index contributed by atoms with van der Waals surface area (Å²) < 4.78 is 0. The highest BCUT2D eigenvalue weighted by Crippen LogP contribution is 2.24. The van der Waals surface area contributed by atoms with Crippen molar-refractivity contribution in [3.8, 4) is 0 Å². The van der Waals surface area contributed by atoms with E-state index in [0.717, 1.165) is 16.7 Å². The molecule has 0 bridgehead atoms. The van der Waals surface area contributed by atoms with Crippen LogP contribution in [0.1, 0.15) is 30.0 Å². The van der Waals surface area contributed by atoms with Crippen molar-refractivity contribution in [3.05, 3.63) is 69.2 Å². The minimum Gasteiger partial charge on any atom is -0.357 e. The Morgan fingerprint density at radius 1 is 1.11 bits per heavy atom. The number of nitrogens with one attached hydrogen (secondary N) is 1. The molecule has 0 spiro atoms. The standard InChI is InChI=1S/C21H24Cl2N2O2/c1-4-19(21(27)24-3)25(13-16-9-10-17(22)12-18(16)23)20(26)11-15-8-6-5-7-14(15)2/h5-10,12,19H,4,11,13H2,1-3H3,(H,24,27)/t19-/m0/s1. The van der Waals surface area contributed by atoms with Crippen molar-refractivity contribution >= 4 is 35.0 Å². The highest BCUT2D eigenvalue weighted by molar-refractivity contribution is 6.35. The number of amides is 2. The van der Waals surface area contributed by atoms with Crippen LogP contribution in [-0.4, -0.2) is 29.8 Å². The highest BCUT2D eigenvalue weighted by Gasteiger charge is 2.28. The Hall–Kier alpha value is -2.04. The van der Waals surface area contributed by atoms with Gasteiger partial charge in [-0.25, -0.2) is 0 Å². The van der Waals surface area contributed by atoms with Crippen LogP contribution in [0.25, 0.3) is 0 Å². The van der Waals surface area contributed by atoms with Crippen molar-refractivity contribution in [1.82, 2.24) is 10.2 Å². The van der Waals surface area contributed by atoms with Gasteiger partial charge in [0.1, 0.15) is 6.04 Å². The summed E-state index contributed by atoms with van der Waals surface area (Å²) in [6.07, 6.45) is 0.732. The molecule has 0 heterocycles. The SMILES string of the molecule is CC[C@@H](C(=O)NC)N(Cc1ccc(Cl)cc1Cl)C(=O)Cc1ccccc1C. The fraction of sp³-hybridized carbons (Fsp3) is 0.333. The van der Waals surface area contributed by atoms with E-state index in [1.165, 1.54) is 0 Å². The first-order valence-electron chi connectivity index (χ1n) is 8.86. The molecule has 0 aliphatic heterocycles. The van der Waals surface area contributed by atoms with E-state index in [2.05, 4.69) is 5.32 Å². The molecule has 2 amide bonds. The van der Waals surface area contributed by atoms with Gasteiger partial charge in [-0.2, -0.15) is 0 Å². The number of hydrogen-bond acceptors (Lipinski definition) is 2. The fourth-order valence-electron chi connectivity index (χ4n) is 2.99. The smallest absolute Gasteiger partial charge is 0.242 e. The zero-order valence-corrected chi connectivity index (χ0v) is 17.3. The number of aryl methyl sites for hydroxylation is 1. The Bertz CT molecular complexity index is 824. The maximum absolute atomic E-state index is 13.1. The Morgan fingerprint density at radius 3 is 2.41 bits per heavy atom. The molecule has 1 atom stereocenters. The van der Waals surface area contributed by atoms with Crippen LogP contribution in [0.3, 0.4) is 0 Å². The Kier molecular flexibility index (Phi) is 7.69. The molecule has 27 heavy (non-hydrogen) atoms. The van der Waals surface area contributed by atoms with E-state index in [4.69, 9.17) is 23.2 Å². The van der Waals surface area contributed by atoms with Gasteiger partial charge in [-0.05, 0) is 42.2 Å². The summed E-state index contributed by atoms with van der Waals surface area (Å²) in [6, 6.07) is 12.3. The molecule has 2 aromatic rings. The van der Waals surface area contributed by atoms with Crippen LogP contribution in [0, 0.1) is 6.92 Å². The first kappa shape index (κ1) is 21.3. The summed E-state index contributed by atoms with van der Waals surface area (Å²) in [6.45, 7) is 4.10. The number of halogens is 2. The van der Waals surface area contributed by atoms with Gasteiger partial charge in [-0.1, -0.05) is 60.5 Å². The molecule has 0 aromatic heterocycles. The molecule has 2 rings (SSSR count). The van der Waals surface area contributed by atoms with Crippen molar-refractivity contribution in [3.63, 3.8) is 0 Å². The predicted molar refractivity (Wildman–Crippen MR) is 110 cm³/mol. The topological polar surface area (TPSA) is 49.4 Å². The number of rotatable bonds is 7. The van der Waals surface area contributed by atoms with E-state index in [1.54, 1.807) is 30.1 Å². The summed E-state index contributed by atoms with van der Waals surface area (Å²) in [5.41, 5.74) is 2.74. The molecule has 2 aromatic carbocycles. The second-order valence-corrected chi connectivity index (χ2v) is 7.24. The lowest BCUT2D eigenvalue weighted by Crippen LogP contribution is -2.48. The second-order valence-electron chi connectivity index (χ2n) is 6.40. The van der Waals surface area contributed by atoms with Crippen molar-refractivity contribution in [2.45, 2.75) is 39.3 Å². The zero-order chi connectivity index (χ0) is 20.0. The van der Waals surface area contributed by atoms with Crippen LogP contribution >= 0.6 is 23.2 Å². The maximum Gasteiger partial charge on any atom is 0.242 e. The van der Waals surface area contributed by atoms with Gasteiger partial charge in [0, 0.05) is 23.6 Å². The molecule has 144 valence electrons. The average molecular weight is 407 g/mol. The first-order valence-corrected chi connectivity index (χ1v) is 9.62. The minimum atomic E-state index is -0.571. The van der Waals surface area contributed by atoms with Gasteiger partial charge in [-0.15, -0.1) is 0 Å². The van der Waals surface area contributed by atoms with E-state index >= 15 is 0 Å². The molecule has 4 nitrogen and oxygen atoms in total. The largest absolute Gasteiger partial charge is 0.357 e. The lowest BCUT2D eigenvalue weighted by Gasteiger charge is -2.30. The molecule has 6 heteroatoms. The van der Waals surface area contributed by atoms with Crippen LogP contribution in [0.4, 0.5) is 0 Å². The normalized spacial score (nSPS) is 11.7. The molecule has 0 aliphatic rings. The van der Waals surface area contributed by atoms with Crippen molar-refractivity contribution in [2.75, 3.05) is 7.05 Å². The zero-order valence-electron chi connectivity index (χ0n) is 15.8. The van der Waals surface area contributed by atoms with Gasteiger partial charge in [0.25, 0.3) is 0 Å². The summed E-state index contributed by atoms with van der Waals surface area (Å²) in [5, 5.41) is 3.65. The minimum absolute atomic E-state index is 0.120. The van der Waals surface area contributed by atoms with Gasteiger partial charge < -0.3 is 10.2 Å². The third-order valence-electron chi connectivity index (χ3n) is 4.59. The fourth-order valence-corrected chi connectivity index (χ4v) is 3.46. The Labute approximate surface area is 170 Å². The summed E-state index contributed by atoms with van der Waals surface area (Å²) in [4.78, 5) is 27.1. The summed E-state index contributed by atoms with van der Waals surface area (Å²) in [7, 11) is 1.57. The van der Waals surface area contributed by atoms with E-state index in [-0.39, 0.29) is 24.8 Å². The van der Waals surface area contributed by atoms with Crippen molar-refractivity contribution in [1.29, 1.82) is 0 Å². The number of nitrogens with zero attached hydrogens (tertiary/aromatic N) is 1. The number of benzene rings is 2. The van der Waals surface area contributed by atoms with Gasteiger partial charge in [0.05, 0.1) is 6.42 Å². The molecular formula is C21H24Cl2N2O2. The third-order valence-corrected chi connectivity index (χ3v) is 5.18. The molecule has 0 unspecified atom stereocenters. The Morgan fingerprint density at radius 2 is 1.81 bits per heavy atom. The first-order chi connectivity index (χ1) is 12.9. The van der Waals surface area contributed by atoms with Crippen LogP contribution in [0.5, 0.6) is 0 Å². The molecule has 0 aliphatic carbocycles. The number of hydrogen-bond donors (Lipinski definition) is 1. The quantitative estimate of drug-likeness (QED) is 0.740. The van der Waals surface area contributed by atoms with Crippen molar-refractivity contribution in [2.24, 2.45) is 0 Å². The number of carbonyl (C=O) groups is 2. The van der Waals surface area contributed by atoms with Gasteiger partial charge in [-0.3, -0.25) is 9.59 Å². The number of likely N-dealkylation sites (N-methyl/N-ethyl adjacent to an activating group) is 1. The lowest BCUT2D eigenvalue weighted by atomic mass is 10.0. The third kappa shape index (κ3) is 5.47. The monoisotopic (exact) mass is 406 g/mol. The number of carbonyl (C=O) groups excluding carboxylic acids is 2. The van der Waals surface area contributed by atoms with E-state index in [9.17, 15) is 9.59 Å². The molecule has 0 fully saturated rings. The van der Waals surface area contributed by atoms with E-state index < -0.39 is 6.04 Å². The van der Waals surface area contributed by atoms with Gasteiger partial charge in [0.2, 0.25) is 11.8 Å².